The Morgan fingerprint density at radius 3 is 2.79 bits per heavy atom. The van der Waals surface area contributed by atoms with Crippen molar-refractivity contribution in [1.82, 2.24) is 0 Å². The van der Waals surface area contributed by atoms with Crippen LogP contribution in [0, 0.1) is 5.92 Å². The highest BCUT2D eigenvalue weighted by Gasteiger charge is 2.31. The Balaban J connectivity index is 1.83. The van der Waals surface area contributed by atoms with Gasteiger partial charge in [-0.3, -0.25) is 4.99 Å². The van der Waals surface area contributed by atoms with Crippen LogP contribution in [-0.2, 0) is 11.2 Å². The predicted molar refractivity (Wildman–Crippen MR) is 79.9 cm³/mol. The Morgan fingerprint density at radius 2 is 2.16 bits per heavy atom. The lowest BCUT2D eigenvalue weighted by atomic mass is 9.97. The zero-order valence-corrected chi connectivity index (χ0v) is 11.9. The van der Waals surface area contributed by atoms with E-state index in [1.807, 2.05) is 12.3 Å². The van der Waals surface area contributed by atoms with Crippen LogP contribution in [0.2, 0.25) is 0 Å². The van der Waals surface area contributed by atoms with Crippen molar-refractivity contribution in [2.75, 3.05) is 6.26 Å². The molecule has 4 heteroatoms. The van der Waals surface area contributed by atoms with Gasteiger partial charge < -0.3 is 5.11 Å². The Hall–Kier alpha value is -1.29. The molecule has 0 saturated heterocycles. The zero-order chi connectivity index (χ0) is 13.7. The molecule has 1 aliphatic rings. The molecule has 0 aliphatic carbocycles. The van der Waals surface area contributed by atoms with Crippen LogP contribution in [0.15, 0.2) is 35.3 Å². The molecule has 1 N–H and O–H groups in total. The molecule has 102 valence electrons. The van der Waals surface area contributed by atoms with Gasteiger partial charge in [0, 0.05) is 5.92 Å². The molecular weight excluding hydrogens is 258 g/mol. The van der Waals surface area contributed by atoms with Gasteiger partial charge in [0.05, 0.1) is 5.04 Å². The summed E-state index contributed by atoms with van der Waals surface area (Å²) in [5.41, 5.74) is 1.35. The van der Waals surface area contributed by atoms with Crippen molar-refractivity contribution < 1.29 is 9.90 Å². The Kier molecular flexibility index (Phi) is 5.02. The van der Waals surface area contributed by atoms with Gasteiger partial charge in [-0.15, -0.1) is 11.8 Å². The number of carbonyl (C=O) groups is 1. The number of benzene rings is 1. The molecule has 2 atom stereocenters. The van der Waals surface area contributed by atoms with E-state index in [9.17, 15) is 4.79 Å². The van der Waals surface area contributed by atoms with E-state index in [4.69, 9.17) is 5.11 Å². The molecular formula is C15H19NO2S. The lowest BCUT2D eigenvalue weighted by Gasteiger charge is -2.11. The second kappa shape index (κ2) is 6.75. The van der Waals surface area contributed by atoms with Crippen LogP contribution in [0.3, 0.4) is 0 Å². The summed E-state index contributed by atoms with van der Waals surface area (Å²) < 4.78 is 0. The average molecular weight is 277 g/mol. The molecule has 19 heavy (non-hydrogen) atoms. The SMILES string of the molecule is CSC1=N[C@H](C(=O)O)CC1CCCc1ccccc1. The molecule has 1 aliphatic heterocycles. The minimum Gasteiger partial charge on any atom is -0.480 e. The third kappa shape index (κ3) is 3.83. The van der Waals surface area contributed by atoms with E-state index in [1.54, 1.807) is 11.8 Å². The smallest absolute Gasteiger partial charge is 0.328 e. The summed E-state index contributed by atoms with van der Waals surface area (Å²) in [5, 5.41) is 10.0. The van der Waals surface area contributed by atoms with Crippen LogP contribution < -0.4 is 0 Å². The van der Waals surface area contributed by atoms with Gasteiger partial charge >= 0.3 is 5.97 Å². The molecule has 0 saturated carbocycles. The summed E-state index contributed by atoms with van der Waals surface area (Å²) in [7, 11) is 0. The van der Waals surface area contributed by atoms with E-state index in [2.05, 4.69) is 29.3 Å². The van der Waals surface area contributed by atoms with E-state index < -0.39 is 12.0 Å². The lowest BCUT2D eigenvalue weighted by Crippen LogP contribution is -2.16. The highest BCUT2D eigenvalue weighted by atomic mass is 32.2. The second-order valence-electron chi connectivity index (χ2n) is 4.84. The van der Waals surface area contributed by atoms with Gasteiger partial charge in [0.1, 0.15) is 6.04 Å². The molecule has 0 amide bonds. The Morgan fingerprint density at radius 1 is 1.42 bits per heavy atom. The molecule has 1 unspecified atom stereocenters. The molecule has 0 radical (unpaired) electrons. The van der Waals surface area contributed by atoms with Gasteiger partial charge in [0.2, 0.25) is 0 Å². The predicted octanol–water partition coefficient (Wildman–Crippen LogP) is 3.24. The first-order chi connectivity index (χ1) is 9.20. The topological polar surface area (TPSA) is 49.7 Å². The number of carboxylic acids is 1. The summed E-state index contributed by atoms with van der Waals surface area (Å²) >= 11 is 1.59. The summed E-state index contributed by atoms with van der Waals surface area (Å²) in [4.78, 5) is 15.3. The fourth-order valence-corrected chi connectivity index (χ4v) is 3.28. The zero-order valence-electron chi connectivity index (χ0n) is 11.1. The standard InChI is InChI=1S/C15H19NO2S/c1-19-14-12(10-13(16-14)15(17)18)9-5-8-11-6-3-2-4-7-11/h2-4,6-7,12-13H,5,8-10H2,1H3,(H,17,18)/t12?,13-/m0/s1. The molecule has 2 rings (SSSR count). The van der Waals surface area contributed by atoms with Crippen LogP contribution >= 0.6 is 11.8 Å². The van der Waals surface area contributed by atoms with Gasteiger partial charge in [0.25, 0.3) is 0 Å². The second-order valence-corrected chi connectivity index (χ2v) is 5.66. The van der Waals surface area contributed by atoms with Gasteiger partial charge in [0.15, 0.2) is 0 Å². The lowest BCUT2D eigenvalue weighted by molar-refractivity contribution is -0.138. The molecule has 1 aromatic carbocycles. The van der Waals surface area contributed by atoms with Gasteiger partial charge in [-0.05, 0) is 37.5 Å². The molecule has 3 nitrogen and oxygen atoms in total. The largest absolute Gasteiger partial charge is 0.480 e. The summed E-state index contributed by atoms with van der Waals surface area (Å²) in [5.74, 6) is -0.461. The number of aliphatic carboxylic acids is 1. The minimum absolute atomic E-state index is 0.333. The quantitative estimate of drug-likeness (QED) is 0.899. The third-order valence-electron chi connectivity index (χ3n) is 3.50. The minimum atomic E-state index is -0.794. The van der Waals surface area contributed by atoms with E-state index >= 15 is 0 Å². The fraction of sp³-hybridized carbons (Fsp3) is 0.467. The number of hydrogen-bond acceptors (Lipinski definition) is 3. The van der Waals surface area contributed by atoms with E-state index in [-0.39, 0.29) is 0 Å². The van der Waals surface area contributed by atoms with Crippen LogP contribution in [0.25, 0.3) is 0 Å². The van der Waals surface area contributed by atoms with Crippen molar-refractivity contribution in [2.45, 2.75) is 31.7 Å². The van der Waals surface area contributed by atoms with E-state index in [0.29, 0.717) is 12.3 Å². The first kappa shape index (κ1) is 14.1. The highest BCUT2D eigenvalue weighted by molar-refractivity contribution is 8.13. The number of nitrogens with zero attached hydrogens (tertiary/aromatic N) is 1. The van der Waals surface area contributed by atoms with E-state index in [1.165, 1.54) is 5.56 Å². The first-order valence-electron chi connectivity index (χ1n) is 6.59. The molecule has 1 heterocycles. The van der Waals surface area contributed by atoms with Crippen molar-refractivity contribution in [3.8, 4) is 0 Å². The number of aryl methyl sites for hydroxylation is 1. The number of aliphatic imine (C=N–C) groups is 1. The molecule has 0 spiro atoms. The highest BCUT2D eigenvalue weighted by Crippen LogP contribution is 2.30. The summed E-state index contributed by atoms with van der Waals surface area (Å²) in [6.07, 6.45) is 5.81. The van der Waals surface area contributed by atoms with Crippen molar-refractivity contribution in [3.05, 3.63) is 35.9 Å². The summed E-state index contributed by atoms with van der Waals surface area (Å²) in [6, 6.07) is 9.89. The monoisotopic (exact) mass is 277 g/mol. The average Bonchev–Trinajstić information content (AvgIpc) is 2.83. The first-order valence-corrected chi connectivity index (χ1v) is 7.81. The van der Waals surface area contributed by atoms with Gasteiger partial charge in [-0.25, -0.2) is 4.79 Å². The number of thioether (sulfide) groups is 1. The third-order valence-corrected chi connectivity index (χ3v) is 4.35. The Bertz CT molecular complexity index is 458. The maximum Gasteiger partial charge on any atom is 0.328 e. The van der Waals surface area contributed by atoms with Gasteiger partial charge in [-0.2, -0.15) is 0 Å². The molecule has 1 aromatic rings. The molecule has 0 bridgehead atoms. The van der Waals surface area contributed by atoms with E-state index in [0.717, 1.165) is 24.3 Å². The fourth-order valence-electron chi connectivity index (χ4n) is 2.50. The van der Waals surface area contributed by atoms with Crippen LogP contribution in [0.5, 0.6) is 0 Å². The van der Waals surface area contributed by atoms with Crippen LogP contribution in [-0.4, -0.2) is 28.4 Å². The van der Waals surface area contributed by atoms with Gasteiger partial charge in [-0.1, -0.05) is 30.3 Å². The number of hydrogen-bond donors (Lipinski definition) is 1. The molecule has 0 fully saturated rings. The summed E-state index contributed by atoms with van der Waals surface area (Å²) in [6.45, 7) is 0. The number of rotatable bonds is 5. The van der Waals surface area contributed by atoms with Crippen molar-refractivity contribution in [2.24, 2.45) is 10.9 Å². The maximum absolute atomic E-state index is 11.0. The van der Waals surface area contributed by atoms with Crippen molar-refractivity contribution in [1.29, 1.82) is 0 Å². The van der Waals surface area contributed by atoms with Crippen molar-refractivity contribution in [3.63, 3.8) is 0 Å². The number of carboxylic acid groups (broad SMARTS) is 1. The van der Waals surface area contributed by atoms with Crippen LogP contribution in [0.1, 0.15) is 24.8 Å². The maximum atomic E-state index is 11.0. The Labute approximate surface area is 118 Å². The normalized spacial score (nSPS) is 22.3. The van der Waals surface area contributed by atoms with Crippen LogP contribution in [0.4, 0.5) is 0 Å². The molecule has 0 aromatic heterocycles. The van der Waals surface area contributed by atoms with Crippen molar-refractivity contribution >= 4 is 22.8 Å².